The summed E-state index contributed by atoms with van der Waals surface area (Å²) in [6.45, 7) is 4.06. The van der Waals surface area contributed by atoms with E-state index in [0.29, 0.717) is 27.9 Å². The molecule has 2 aromatic heterocycles. The standard InChI is InChI=1S/C20H24ClN3O2/c1-3-4-5-6-7-8-13-17-22-20(26-23-17)18-14(2)25-24-19(18)15-11-9-10-12-16(15)21/h9-12H,3-8,13H2,1-2H3. The van der Waals surface area contributed by atoms with Crippen molar-refractivity contribution in [2.75, 3.05) is 0 Å². The van der Waals surface area contributed by atoms with Gasteiger partial charge in [0.25, 0.3) is 5.89 Å². The van der Waals surface area contributed by atoms with Gasteiger partial charge in [0.1, 0.15) is 17.0 Å². The van der Waals surface area contributed by atoms with E-state index < -0.39 is 0 Å². The van der Waals surface area contributed by atoms with Gasteiger partial charge in [-0.2, -0.15) is 4.98 Å². The number of aromatic nitrogens is 3. The summed E-state index contributed by atoms with van der Waals surface area (Å²) in [5, 5.41) is 8.87. The first-order valence-electron chi connectivity index (χ1n) is 9.24. The van der Waals surface area contributed by atoms with E-state index >= 15 is 0 Å². The van der Waals surface area contributed by atoms with Gasteiger partial charge in [0.05, 0.1) is 5.02 Å². The van der Waals surface area contributed by atoms with E-state index in [9.17, 15) is 0 Å². The molecule has 26 heavy (non-hydrogen) atoms. The maximum Gasteiger partial charge on any atom is 0.263 e. The summed E-state index contributed by atoms with van der Waals surface area (Å²) in [6.07, 6.45) is 8.23. The predicted molar refractivity (Wildman–Crippen MR) is 102 cm³/mol. The van der Waals surface area contributed by atoms with Gasteiger partial charge in [-0.05, 0) is 19.4 Å². The molecule has 138 valence electrons. The molecule has 6 heteroatoms. The summed E-state index contributed by atoms with van der Waals surface area (Å²) >= 11 is 6.30. The van der Waals surface area contributed by atoms with Crippen LogP contribution in [0.4, 0.5) is 0 Å². The van der Waals surface area contributed by atoms with Crippen molar-refractivity contribution in [3.63, 3.8) is 0 Å². The van der Waals surface area contributed by atoms with Crippen molar-refractivity contribution in [1.82, 2.24) is 15.3 Å². The van der Waals surface area contributed by atoms with E-state index in [1.54, 1.807) is 0 Å². The Morgan fingerprint density at radius 2 is 1.73 bits per heavy atom. The fourth-order valence-electron chi connectivity index (χ4n) is 2.98. The highest BCUT2D eigenvalue weighted by molar-refractivity contribution is 6.33. The van der Waals surface area contributed by atoms with Crippen LogP contribution in [0.3, 0.4) is 0 Å². The van der Waals surface area contributed by atoms with Crippen molar-refractivity contribution < 1.29 is 9.05 Å². The van der Waals surface area contributed by atoms with Crippen LogP contribution in [0.5, 0.6) is 0 Å². The maximum absolute atomic E-state index is 6.30. The summed E-state index contributed by atoms with van der Waals surface area (Å²) in [5.74, 6) is 1.79. The Hall–Kier alpha value is -2.14. The second-order valence-electron chi connectivity index (χ2n) is 6.48. The summed E-state index contributed by atoms with van der Waals surface area (Å²) in [7, 11) is 0. The molecule has 0 saturated heterocycles. The minimum atomic E-state index is 0.430. The van der Waals surface area contributed by atoms with Gasteiger partial charge in [0.2, 0.25) is 0 Å². The van der Waals surface area contributed by atoms with Crippen LogP contribution in [0.25, 0.3) is 22.7 Å². The van der Waals surface area contributed by atoms with Crippen LogP contribution in [-0.4, -0.2) is 15.3 Å². The van der Waals surface area contributed by atoms with Crippen LogP contribution in [0.2, 0.25) is 5.02 Å². The van der Waals surface area contributed by atoms with E-state index in [1.165, 1.54) is 32.1 Å². The third-order valence-electron chi connectivity index (χ3n) is 4.43. The average molecular weight is 374 g/mol. The molecule has 0 unspecified atom stereocenters. The van der Waals surface area contributed by atoms with Gasteiger partial charge in [0.15, 0.2) is 5.82 Å². The number of nitrogens with zero attached hydrogens (tertiary/aromatic N) is 3. The third kappa shape index (κ3) is 4.33. The van der Waals surface area contributed by atoms with Gasteiger partial charge in [-0.15, -0.1) is 0 Å². The highest BCUT2D eigenvalue weighted by Crippen LogP contribution is 2.36. The topological polar surface area (TPSA) is 65.0 Å². The fourth-order valence-corrected chi connectivity index (χ4v) is 3.21. The number of benzene rings is 1. The molecule has 0 aliphatic rings. The van der Waals surface area contributed by atoms with Crippen molar-refractivity contribution in [2.45, 2.75) is 58.8 Å². The van der Waals surface area contributed by atoms with Crippen molar-refractivity contribution in [1.29, 1.82) is 0 Å². The second-order valence-corrected chi connectivity index (χ2v) is 6.88. The Balaban J connectivity index is 1.72. The molecule has 3 rings (SSSR count). The van der Waals surface area contributed by atoms with E-state index in [1.807, 2.05) is 31.2 Å². The minimum Gasteiger partial charge on any atom is -0.360 e. The zero-order valence-electron chi connectivity index (χ0n) is 15.3. The first kappa shape index (κ1) is 18.6. The molecule has 0 atom stereocenters. The zero-order chi connectivity index (χ0) is 18.4. The molecule has 0 radical (unpaired) electrons. The van der Waals surface area contributed by atoms with Gasteiger partial charge in [-0.1, -0.05) is 79.1 Å². The second kappa shape index (κ2) is 8.99. The lowest BCUT2D eigenvalue weighted by Gasteiger charge is -2.01. The highest BCUT2D eigenvalue weighted by atomic mass is 35.5. The summed E-state index contributed by atoms with van der Waals surface area (Å²) in [5.41, 5.74) is 2.12. The van der Waals surface area contributed by atoms with Crippen LogP contribution in [-0.2, 0) is 6.42 Å². The molecule has 0 fully saturated rings. The van der Waals surface area contributed by atoms with Gasteiger partial charge < -0.3 is 9.05 Å². The number of rotatable bonds is 9. The average Bonchev–Trinajstić information content (AvgIpc) is 3.25. The van der Waals surface area contributed by atoms with E-state index in [2.05, 4.69) is 22.2 Å². The number of aryl methyl sites for hydroxylation is 2. The SMILES string of the molecule is CCCCCCCCc1noc(-c2c(-c3ccccc3Cl)noc2C)n1. The molecule has 2 heterocycles. The van der Waals surface area contributed by atoms with Crippen LogP contribution in [0.15, 0.2) is 33.3 Å². The quantitative estimate of drug-likeness (QED) is 0.414. The van der Waals surface area contributed by atoms with Gasteiger partial charge >= 0.3 is 0 Å². The first-order valence-corrected chi connectivity index (χ1v) is 9.62. The van der Waals surface area contributed by atoms with Crippen molar-refractivity contribution >= 4 is 11.6 Å². The number of halogens is 1. The smallest absolute Gasteiger partial charge is 0.263 e. The van der Waals surface area contributed by atoms with Crippen molar-refractivity contribution in [3.05, 3.63) is 40.9 Å². The lowest BCUT2D eigenvalue weighted by Crippen LogP contribution is -1.90. The van der Waals surface area contributed by atoms with Crippen LogP contribution in [0, 0.1) is 6.92 Å². The molecular weight excluding hydrogens is 350 g/mol. The Bertz CT molecular complexity index is 841. The highest BCUT2D eigenvalue weighted by Gasteiger charge is 2.23. The van der Waals surface area contributed by atoms with Crippen molar-refractivity contribution in [3.8, 4) is 22.7 Å². The van der Waals surface area contributed by atoms with Crippen molar-refractivity contribution in [2.24, 2.45) is 0 Å². The van der Waals surface area contributed by atoms with E-state index in [-0.39, 0.29) is 0 Å². The minimum absolute atomic E-state index is 0.430. The normalized spacial score (nSPS) is 11.2. The molecule has 1 aromatic carbocycles. The number of hydrogen-bond donors (Lipinski definition) is 0. The number of unbranched alkanes of at least 4 members (excludes halogenated alkanes) is 5. The number of hydrogen-bond acceptors (Lipinski definition) is 5. The molecule has 0 N–H and O–H groups in total. The lowest BCUT2D eigenvalue weighted by molar-refractivity contribution is 0.397. The molecule has 0 saturated carbocycles. The Morgan fingerprint density at radius 3 is 2.54 bits per heavy atom. The Labute approximate surface area is 158 Å². The molecule has 0 aliphatic carbocycles. The molecule has 0 amide bonds. The monoisotopic (exact) mass is 373 g/mol. The maximum atomic E-state index is 6.30. The van der Waals surface area contributed by atoms with Gasteiger partial charge in [-0.3, -0.25) is 0 Å². The Kier molecular flexibility index (Phi) is 6.45. The summed E-state index contributed by atoms with van der Waals surface area (Å²) in [6, 6.07) is 7.51. The zero-order valence-corrected chi connectivity index (χ0v) is 16.1. The van der Waals surface area contributed by atoms with Gasteiger partial charge in [-0.25, -0.2) is 0 Å². The van der Waals surface area contributed by atoms with Crippen LogP contribution in [0.1, 0.15) is 57.0 Å². The summed E-state index contributed by atoms with van der Waals surface area (Å²) < 4.78 is 10.9. The third-order valence-corrected chi connectivity index (χ3v) is 4.76. The first-order chi connectivity index (χ1) is 12.7. The Morgan fingerprint density at radius 1 is 0.962 bits per heavy atom. The molecule has 0 bridgehead atoms. The molecule has 0 aliphatic heterocycles. The molecule has 3 aromatic rings. The van der Waals surface area contributed by atoms with Gasteiger partial charge in [0, 0.05) is 12.0 Å². The molecule has 0 spiro atoms. The van der Waals surface area contributed by atoms with E-state index in [4.69, 9.17) is 20.6 Å². The van der Waals surface area contributed by atoms with Crippen LogP contribution >= 0.6 is 11.6 Å². The lowest BCUT2D eigenvalue weighted by atomic mass is 10.1. The largest absolute Gasteiger partial charge is 0.360 e. The predicted octanol–water partition coefficient (Wildman–Crippen LogP) is 6.26. The van der Waals surface area contributed by atoms with E-state index in [0.717, 1.165) is 24.2 Å². The molecular formula is C20H24ClN3O2. The fraction of sp³-hybridized carbons (Fsp3) is 0.450. The summed E-state index contributed by atoms with van der Waals surface area (Å²) in [4.78, 5) is 4.54. The van der Waals surface area contributed by atoms with Crippen LogP contribution < -0.4 is 0 Å². The molecule has 5 nitrogen and oxygen atoms in total.